The van der Waals surface area contributed by atoms with Crippen LogP contribution in [-0.2, 0) is 11.8 Å². The lowest BCUT2D eigenvalue weighted by Crippen LogP contribution is -2.26. The molecule has 0 bridgehead atoms. The third-order valence-corrected chi connectivity index (χ3v) is 5.24. The average Bonchev–Trinajstić information content (AvgIpc) is 3.21. The number of nitrogens with one attached hydrogen (secondary N) is 2. The Morgan fingerprint density at radius 3 is 2.89 bits per heavy atom. The Kier molecular flexibility index (Phi) is 4.93. The van der Waals surface area contributed by atoms with Gasteiger partial charge in [-0.05, 0) is 36.4 Å². The molecule has 2 heterocycles. The van der Waals surface area contributed by atoms with E-state index in [-0.39, 0.29) is 11.7 Å². The van der Waals surface area contributed by atoms with Gasteiger partial charge in [0.05, 0.1) is 27.9 Å². The molecule has 2 N–H and O–H groups in total. The summed E-state index contributed by atoms with van der Waals surface area (Å²) in [6.07, 6.45) is 0. The predicted molar refractivity (Wildman–Crippen MR) is 108 cm³/mol. The van der Waals surface area contributed by atoms with Crippen LogP contribution in [0.4, 0.5) is 15.5 Å². The molecular weight excluding hydrogens is 381 g/mol. The quantitative estimate of drug-likeness (QED) is 0.486. The molecule has 0 aliphatic heterocycles. The monoisotopic (exact) mass is 399 g/mol. The number of hydrogen-bond donors (Lipinski definition) is 2. The highest BCUT2D eigenvalue weighted by Crippen LogP contribution is 2.29. The van der Waals surface area contributed by atoms with Crippen LogP contribution in [0.5, 0.6) is 0 Å². The maximum absolute atomic E-state index is 13.4. The van der Waals surface area contributed by atoms with Gasteiger partial charge in [0.25, 0.3) is 5.91 Å². The number of nitrogens with zero attached hydrogens (tertiary/aromatic N) is 3. The SMILES string of the molecule is COCCNC(=O)c1ccc2c(c1)nc(Nc1nc3ccc(F)cc3s1)n2C. The fourth-order valence-corrected chi connectivity index (χ4v) is 3.75. The van der Waals surface area contributed by atoms with E-state index in [2.05, 4.69) is 20.6 Å². The van der Waals surface area contributed by atoms with Crippen LogP contribution in [0, 0.1) is 5.82 Å². The fraction of sp³-hybridized carbons (Fsp3) is 0.211. The van der Waals surface area contributed by atoms with Gasteiger partial charge >= 0.3 is 0 Å². The number of rotatable bonds is 6. The van der Waals surface area contributed by atoms with E-state index in [0.29, 0.717) is 35.3 Å². The number of thiazole rings is 1. The Labute approximate surface area is 164 Å². The zero-order valence-corrected chi connectivity index (χ0v) is 16.1. The van der Waals surface area contributed by atoms with Crippen LogP contribution in [0.3, 0.4) is 0 Å². The maximum atomic E-state index is 13.4. The van der Waals surface area contributed by atoms with Crippen molar-refractivity contribution in [3.05, 3.63) is 47.8 Å². The zero-order valence-electron chi connectivity index (χ0n) is 15.3. The van der Waals surface area contributed by atoms with E-state index in [9.17, 15) is 9.18 Å². The van der Waals surface area contributed by atoms with Gasteiger partial charge in [0.1, 0.15) is 5.82 Å². The van der Waals surface area contributed by atoms with Gasteiger partial charge in [-0.25, -0.2) is 14.4 Å². The minimum Gasteiger partial charge on any atom is -0.383 e. The summed E-state index contributed by atoms with van der Waals surface area (Å²) in [6, 6.07) is 9.86. The van der Waals surface area contributed by atoms with Gasteiger partial charge in [-0.3, -0.25) is 4.79 Å². The van der Waals surface area contributed by atoms with Crippen LogP contribution in [0.15, 0.2) is 36.4 Å². The Morgan fingerprint density at radius 2 is 2.07 bits per heavy atom. The summed E-state index contributed by atoms with van der Waals surface area (Å²) >= 11 is 1.35. The molecule has 0 saturated carbocycles. The van der Waals surface area contributed by atoms with Gasteiger partial charge < -0.3 is 19.9 Å². The van der Waals surface area contributed by atoms with E-state index in [1.165, 1.54) is 23.5 Å². The summed E-state index contributed by atoms with van der Waals surface area (Å²) in [5.74, 6) is 0.125. The standard InChI is InChI=1S/C19H18FN5O2S/c1-25-15-6-3-11(17(26)21-7-8-27-2)9-14(15)22-18(25)24-19-23-13-5-4-12(20)10-16(13)28-19/h3-6,9-10H,7-8H2,1-2H3,(H,21,26)(H,22,23,24). The molecule has 9 heteroatoms. The molecule has 2 aromatic heterocycles. The highest BCUT2D eigenvalue weighted by atomic mass is 32.1. The number of amides is 1. The largest absolute Gasteiger partial charge is 0.383 e. The highest BCUT2D eigenvalue weighted by molar-refractivity contribution is 7.22. The Balaban J connectivity index is 1.60. The normalized spacial score (nSPS) is 11.2. The van der Waals surface area contributed by atoms with E-state index < -0.39 is 0 Å². The second kappa shape index (κ2) is 7.53. The van der Waals surface area contributed by atoms with Crippen molar-refractivity contribution >= 4 is 49.6 Å². The van der Waals surface area contributed by atoms with Gasteiger partial charge in [-0.15, -0.1) is 0 Å². The van der Waals surface area contributed by atoms with Gasteiger partial charge in [0.15, 0.2) is 5.13 Å². The molecule has 0 fully saturated rings. The number of aryl methyl sites for hydroxylation is 1. The van der Waals surface area contributed by atoms with Gasteiger partial charge in [-0.2, -0.15) is 0 Å². The predicted octanol–water partition coefficient (Wildman–Crippen LogP) is 3.44. The number of imidazole rings is 1. The molecule has 4 rings (SSSR count). The topological polar surface area (TPSA) is 81.1 Å². The molecule has 7 nitrogen and oxygen atoms in total. The van der Waals surface area contributed by atoms with Crippen LogP contribution in [0.2, 0.25) is 0 Å². The van der Waals surface area contributed by atoms with Crippen molar-refractivity contribution in [2.45, 2.75) is 0 Å². The van der Waals surface area contributed by atoms with E-state index in [0.717, 1.165) is 15.7 Å². The third kappa shape index (κ3) is 3.54. The molecule has 2 aromatic carbocycles. The number of anilines is 2. The van der Waals surface area contributed by atoms with Crippen molar-refractivity contribution in [1.82, 2.24) is 19.9 Å². The summed E-state index contributed by atoms with van der Waals surface area (Å²) in [5.41, 5.74) is 2.83. The first-order valence-corrected chi connectivity index (χ1v) is 9.43. The molecule has 144 valence electrons. The van der Waals surface area contributed by atoms with E-state index >= 15 is 0 Å². The first kappa shape index (κ1) is 18.3. The van der Waals surface area contributed by atoms with Crippen molar-refractivity contribution < 1.29 is 13.9 Å². The van der Waals surface area contributed by atoms with E-state index in [4.69, 9.17) is 4.74 Å². The molecule has 4 aromatic rings. The average molecular weight is 399 g/mol. The number of hydrogen-bond acceptors (Lipinski definition) is 6. The molecule has 0 aliphatic rings. The smallest absolute Gasteiger partial charge is 0.251 e. The number of benzene rings is 2. The lowest BCUT2D eigenvalue weighted by molar-refractivity contribution is 0.0937. The number of methoxy groups -OCH3 is 1. The zero-order chi connectivity index (χ0) is 19.7. The minimum absolute atomic E-state index is 0.174. The Morgan fingerprint density at radius 1 is 1.21 bits per heavy atom. The molecule has 28 heavy (non-hydrogen) atoms. The highest BCUT2D eigenvalue weighted by Gasteiger charge is 2.13. The summed E-state index contributed by atoms with van der Waals surface area (Å²) in [4.78, 5) is 21.3. The van der Waals surface area contributed by atoms with Crippen molar-refractivity contribution in [2.75, 3.05) is 25.6 Å². The second-order valence-electron chi connectivity index (χ2n) is 6.20. The number of carbonyl (C=O) groups is 1. The number of aromatic nitrogens is 3. The van der Waals surface area contributed by atoms with Crippen LogP contribution in [0.25, 0.3) is 21.3 Å². The molecule has 0 saturated heterocycles. The summed E-state index contributed by atoms with van der Waals surface area (Å²) in [5, 5.41) is 6.59. The molecule has 0 spiro atoms. The Bertz CT molecular complexity index is 1170. The Hall–Kier alpha value is -3.04. The number of halogens is 1. The first-order valence-electron chi connectivity index (χ1n) is 8.62. The molecule has 1 amide bonds. The van der Waals surface area contributed by atoms with Gasteiger partial charge in [0, 0.05) is 26.3 Å². The van der Waals surface area contributed by atoms with Crippen LogP contribution in [-0.4, -0.2) is 40.7 Å². The summed E-state index contributed by atoms with van der Waals surface area (Å²) < 4.78 is 21.0. The van der Waals surface area contributed by atoms with Crippen molar-refractivity contribution in [1.29, 1.82) is 0 Å². The van der Waals surface area contributed by atoms with Crippen LogP contribution in [0.1, 0.15) is 10.4 Å². The lowest BCUT2D eigenvalue weighted by Gasteiger charge is -2.04. The number of ether oxygens (including phenoxy) is 1. The summed E-state index contributed by atoms with van der Waals surface area (Å²) in [6.45, 7) is 0.901. The molecule has 0 unspecified atom stereocenters. The van der Waals surface area contributed by atoms with Crippen LogP contribution < -0.4 is 10.6 Å². The molecule has 0 aliphatic carbocycles. The summed E-state index contributed by atoms with van der Waals surface area (Å²) in [7, 11) is 3.46. The molecule has 0 radical (unpaired) electrons. The molecular formula is C19H18FN5O2S. The van der Waals surface area contributed by atoms with Gasteiger partial charge in [-0.1, -0.05) is 11.3 Å². The van der Waals surface area contributed by atoms with E-state index in [1.807, 2.05) is 17.7 Å². The fourth-order valence-electron chi connectivity index (χ4n) is 2.87. The van der Waals surface area contributed by atoms with Crippen molar-refractivity contribution in [2.24, 2.45) is 7.05 Å². The van der Waals surface area contributed by atoms with Crippen molar-refractivity contribution in [3.8, 4) is 0 Å². The lowest BCUT2D eigenvalue weighted by atomic mass is 10.2. The second-order valence-corrected chi connectivity index (χ2v) is 7.23. The number of carbonyl (C=O) groups excluding carboxylic acids is 1. The number of fused-ring (bicyclic) bond motifs is 2. The van der Waals surface area contributed by atoms with Crippen LogP contribution >= 0.6 is 11.3 Å². The maximum Gasteiger partial charge on any atom is 0.251 e. The minimum atomic E-state index is -0.290. The van der Waals surface area contributed by atoms with E-state index in [1.54, 1.807) is 25.3 Å². The third-order valence-electron chi connectivity index (χ3n) is 4.30. The van der Waals surface area contributed by atoms with Crippen molar-refractivity contribution in [3.63, 3.8) is 0 Å². The van der Waals surface area contributed by atoms with Gasteiger partial charge in [0.2, 0.25) is 5.95 Å². The first-order chi connectivity index (χ1) is 13.5. The molecule has 0 atom stereocenters.